The van der Waals surface area contributed by atoms with Gasteiger partial charge in [0.1, 0.15) is 0 Å². The monoisotopic (exact) mass is 335 g/mol. The van der Waals surface area contributed by atoms with Gasteiger partial charge in [0.25, 0.3) is 0 Å². The molecule has 23 heavy (non-hydrogen) atoms. The molecule has 124 valence electrons. The number of hydrogen-bond donors (Lipinski definition) is 0. The number of hydrogen-bond acceptors (Lipinski definition) is 5. The van der Waals surface area contributed by atoms with Gasteiger partial charge in [0.2, 0.25) is 11.7 Å². The summed E-state index contributed by atoms with van der Waals surface area (Å²) in [6.45, 7) is 0.473. The Morgan fingerprint density at radius 3 is 2.26 bits per heavy atom. The highest BCUT2D eigenvalue weighted by Crippen LogP contribution is 2.38. The lowest BCUT2D eigenvalue weighted by atomic mass is 10.1. The van der Waals surface area contributed by atoms with E-state index in [1.807, 2.05) is 29.6 Å². The van der Waals surface area contributed by atoms with E-state index in [0.29, 0.717) is 30.2 Å². The molecule has 0 bridgehead atoms. The van der Waals surface area contributed by atoms with E-state index in [9.17, 15) is 4.79 Å². The Morgan fingerprint density at radius 1 is 1.13 bits per heavy atom. The molecule has 0 saturated carbocycles. The van der Waals surface area contributed by atoms with Crippen LogP contribution in [0, 0.1) is 0 Å². The number of thiophene rings is 1. The number of benzene rings is 1. The minimum atomic E-state index is 0.0706. The summed E-state index contributed by atoms with van der Waals surface area (Å²) in [6.07, 6.45) is 0.415. The van der Waals surface area contributed by atoms with E-state index in [2.05, 4.69) is 0 Å². The Morgan fingerprint density at radius 2 is 1.78 bits per heavy atom. The van der Waals surface area contributed by atoms with Crippen LogP contribution in [0.1, 0.15) is 10.4 Å². The van der Waals surface area contributed by atoms with Crippen LogP contribution in [0.2, 0.25) is 0 Å². The molecular weight excluding hydrogens is 314 g/mol. The fourth-order valence-electron chi connectivity index (χ4n) is 2.29. The van der Waals surface area contributed by atoms with Crippen molar-refractivity contribution in [3.05, 3.63) is 40.1 Å². The van der Waals surface area contributed by atoms with E-state index in [1.54, 1.807) is 44.6 Å². The SMILES string of the molecule is COc1cc(CN(C)C(=O)Cc2cccs2)cc(OC)c1OC. The lowest BCUT2D eigenvalue weighted by molar-refractivity contribution is -0.129. The molecule has 1 aromatic heterocycles. The van der Waals surface area contributed by atoms with Crippen LogP contribution in [-0.2, 0) is 17.8 Å². The zero-order valence-corrected chi connectivity index (χ0v) is 14.6. The topological polar surface area (TPSA) is 48.0 Å². The van der Waals surface area contributed by atoms with Crippen molar-refractivity contribution >= 4 is 17.2 Å². The molecule has 0 saturated heterocycles. The van der Waals surface area contributed by atoms with Gasteiger partial charge in [0.15, 0.2) is 11.5 Å². The first-order valence-electron chi connectivity index (χ1n) is 7.14. The molecule has 6 heteroatoms. The Hall–Kier alpha value is -2.21. The van der Waals surface area contributed by atoms with Crippen molar-refractivity contribution in [2.75, 3.05) is 28.4 Å². The lowest BCUT2D eigenvalue weighted by Gasteiger charge is -2.19. The second-order valence-corrected chi connectivity index (χ2v) is 6.07. The number of rotatable bonds is 7. The number of methoxy groups -OCH3 is 3. The van der Waals surface area contributed by atoms with E-state index < -0.39 is 0 Å². The predicted octanol–water partition coefficient (Wildman–Crippen LogP) is 2.98. The van der Waals surface area contributed by atoms with Crippen molar-refractivity contribution in [3.8, 4) is 17.2 Å². The van der Waals surface area contributed by atoms with E-state index in [1.165, 1.54) is 0 Å². The number of ether oxygens (including phenoxy) is 3. The van der Waals surface area contributed by atoms with E-state index in [0.717, 1.165) is 10.4 Å². The first kappa shape index (κ1) is 17.1. The number of carbonyl (C=O) groups excluding carboxylic acids is 1. The van der Waals surface area contributed by atoms with Crippen molar-refractivity contribution < 1.29 is 19.0 Å². The normalized spacial score (nSPS) is 10.3. The molecule has 0 unspecified atom stereocenters. The number of nitrogens with zero attached hydrogens (tertiary/aromatic N) is 1. The Labute approximate surface area is 140 Å². The zero-order chi connectivity index (χ0) is 16.8. The van der Waals surface area contributed by atoms with Crippen LogP contribution in [0.3, 0.4) is 0 Å². The van der Waals surface area contributed by atoms with Crippen LogP contribution >= 0.6 is 11.3 Å². The van der Waals surface area contributed by atoms with E-state index in [4.69, 9.17) is 14.2 Å². The third kappa shape index (κ3) is 4.16. The Bertz CT molecular complexity index is 630. The maximum atomic E-state index is 12.3. The van der Waals surface area contributed by atoms with Gasteiger partial charge < -0.3 is 19.1 Å². The van der Waals surface area contributed by atoms with Gasteiger partial charge in [-0.2, -0.15) is 0 Å². The van der Waals surface area contributed by atoms with E-state index >= 15 is 0 Å². The van der Waals surface area contributed by atoms with Gasteiger partial charge in [-0.25, -0.2) is 0 Å². The molecule has 0 spiro atoms. The average molecular weight is 335 g/mol. The Balaban J connectivity index is 2.13. The van der Waals surface area contributed by atoms with Crippen LogP contribution in [0.15, 0.2) is 29.6 Å². The van der Waals surface area contributed by atoms with Gasteiger partial charge in [-0.15, -0.1) is 11.3 Å². The fraction of sp³-hybridized carbons (Fsp3) is 0.353. The third-order valence-corrected chi connectivity index (χ3v) is 4.35. The average Bonchev–Trinajstić information content (AvgIpc) is 3.06. The summed E-state index contributed by atoms with van der Waals surface area (Å²) in [5.41, 5.74) is 0.918. The first-order valence-corrected chi connectivity index (χ1v) is 8.02. The van der Waals surface area contributed by atoms with Crippen LogP contribution < -0.4 is 14.2 Å². The standard InChI is InChI=1S/C17H21NO4S/c1-18(16(19)10-13-6-5-7-23-13)11-12-8-14(20-2)17(22-4)15(9-12)21-3/h5-9H,10-11H2,1-4H3. The quantitative estimate of drug-likeness (QED) is 0.780. The maximum absolute atomic E-state index is 12.3. The summed E-state index contributed by atoms with van der Waals surface area (Å²) in [6, 6.07) is 7.63. The third-order valence-electron chi connectivity index (χ3n) is 3.48. The van der Waals surface area contributed by atoms with Crippen molar-refractivity contribution in [1.29, 1.82) is 0 Å². The molecule has 0 fully saturated rings. The molecule has 0 aliphatic carbocycles. The highest BCUT2D eigenvalue weighted by Gasteiger charge is 2.16. The molecule has 0 aliphatic rings. The fourth-order valence-corrected chi connectivity index (χ4v) is 2.98. The van der Waals surface area contributed by atoms with Crippen LogP contribution in [0.5, 0.6) is 17.2 Å². The largest absolute Gasteiger partial charge is 0.493 e. The highest BCUT2D eigenvalue weighted by atomic mass is 32.1. The number of likely N-dealkylation sites (N-methyl/N-ethyl adjacent to an activating group) is 1. The minimum Gasteiger partial charge on any atom is -0.493 e. The first-order chi connectivity index (χ1) is 11.1. The maximum Gasteiger partial charge on any atom is 0.227 e. The highest BCUT2D eigenvalue weighted by molar-refractivity contribution is 7.10. The molecule has 1 amide bonds. The molecule has 2 rings (SSSR count). The molecule has 2 aromatic rings. The van der Waals surface area contributed by atoms with Crippen molar-refractivity contribution in [2.24, 2.45) is 0 Å². The number of amides is 1. The molecule has 0 aliphatic heterocycles. The van der Waals surface area contributed by atoms with Crippen LogP contribution in [-0.4, -0.2) is 39.2 Å². The molecule has 0 atom stereocenters. The second-order valence-electron chi connectivity index (χ2n) is 5.04. The lowest BCUT2D eigenvalue weighted by Crippen LogP contribution is -2.27. The van der Waals surface area contributed by atoms with Crippen LogP contribution in [0.4, 0.5) is 0 Å². The summed E-state index contributed by atoms with van der Waals surface area (Å²) < 4.78 is 16.0. The van der Waals surface area contributed by atoms with Crippen LogP contribution in [0.25, 0.3) is 0 Å². The molecule has 0 radical (unpaired) electrons. The van der Waals surface area contributed by atoms with Gasteiger partial charge >= 0.3 is 0 Å². The van der Waals surface area contributed by atoms with Gasteiger partial charge in [-0.3, -0.25) is 4.79 Å². The number of carbonyl (C=O) groups is 1. The Kier molecular flexibility index (Phi) is 5.87. The summed E-state index contributed by atoms with van der Waals surface area (Å²) >= 11 is 1.59. The summed E-state index contributed by atoms with van der Waals surface area (Å²) in [4.78, 5) is 15.0. The smallest absolute Gasteiger partial charge is 0.227 e. The summed E-state index contributed by atoms with van der Waals surface area (Å²) in [7, 11) is 6.51. The second kappa shape index (κ2) is 7.87. The van der Waals surface area contributed by atoms with Crippen molar-refractivity contribution in [3.63, 3.8) is 0 Å². The molecular formula is C17H21NO4S. The van der Waals surface area contributed by atoms with E-state index in [-0.39, 0.29) is 5.91 Å². The van der Waals surface area contributed by atoms with Gasteiger partial charge in [-0.05, 0) is 29.1 Å². The molecule has 1 aromatic carbocycles. The van der Waals surface area contributed by atoms with Gasteiger partial charge in [0.05, 0.1) is 27.8 Å². The molecule has 0 N–H and O–H groups in total. The van der Waals surface area contributed by atoms with Gasteiger partial charge in [-0.1, -0.05) is 6.07 Å². The molecule has 5 nitrogen and oxygen atoms in total. The van der Waals surface area contributed by atoms with Gasteiger partial charge in [0, 0.05) is 18.5 Å². The van der Waals surface area contributed by atoms with Crippen molar-refractivity contribution in [2.45, 2.75) is 13.0 Å². The summed E-state index contributed by atoms with van der Waals surface area (Å²) in [5.74, 6) is 1.79. The minimum absolute atomic E-state index is 0.0706. The summed E-state index contributed by atoms with van der Waals surface area (Å²) in [5, 5.41) is 1.97. The molecule has 1 heterocycles. The predicted molar refractivity (Wildman–Crippen MR) is 90.6 cm³/mol. The zero-order valence-electron chi connectivity index (χ0n) is 13.8. The van der Waals surface area contributed by atoms with Crippen molar-refractivity contribution in [1.82, 2.24) is 4.90 Å².